The maximum absolute atomic E-state index is 12.5. The smallest absolute Gasteiger partial charge is 0.334 e. The van der Waals surface area contributed by atoms with Crippen molar-refractivity contribution in [2.75, 3.05) is 32.8 Å². The van der Waals surface area contributed by atoms with Gasteiger partial charge in [0.05, 0.1) is 18.8 Å². The SMILES string of the molecule is O=C1OC2=C(CNNC2)N2C=CC(CCCNCC3COc4ccccc4O3)C12. The van der Waals surface area contributed by atoms with E-state index in [-0.39, 0.29) is 24.0 Å². The van der Waals surface area contributed by atoms with Gasteiger partial charge in [0, 0.05) is 18.7 Å². The van der Waals surface area contributed by atoms with E-state index in [1.165, 1.54) is 0 Å². The second-order valence-corrected chi connectivity index (χ2v) is 7.70. The molecule has 8 nitrogen and oxygen atoms in total. The van der Waals surface area contributed by atoms with E-state index in [0.717, 1.165) is 48.9 Å². The molecule has 0 aromatic heterocycles. The molecule has 3 atom stereocenters. The maximum atomic E-state index is 12.5. The van der Waals surface area contributed by atoms with Crippen LogP contribution in [0.3, 0.4) is 0 Å². The molecule has 5 rings (SSSR count). The summed E-state index contributed by atoms with van der Waals surface area (Å²) in [4.78, 5) is 14.6. The van der Waals surface area contributed by atoms with Crippen molar-refractivity contribution in [2.24, 2.45) is 5.92 Å². The zero-order valence-corrected chi connectivity index (χ0v) is 16.2. The lowest BCUT2D eigenvalue weighted by atomic mass is 9.95. The summed E-state index contributed by atoms with van der Waals surface area (Å²) in [7, 11) is 0. The Balaban J connectivity index is 1.07. The Kier molecular flexibility index (Phi) is 5.13. The number of nitrogens with one attached hydrogen (secondary N) is 3. The van der Waals surface area contributed by atoms with Crippen LogP contribution < -0.4 is 25.6 Å². The van der Waals surface area contributed by atoms with Crippen molar-refractivity contribution in [1.82, 2.24) is 21.1 Å². The Morgan fingerprint density at radius 1 is 1.17 bits per heavy atom. The van der Waals surface area contributed by atoms with Gasteiger partial charge < -0.3 is 24.4 Å². The van der Waals surface area contributed by atoms with E-state index in [1.54, 1.807) is 0 Å². The summed E-state index contributed by atoms with van der Waals surface area (Å²) >= 11 is 0. The lowest BCUT2D eigenvalue weighted by Gasteiger charge is -2.37. The van der Waals surface area contributed by atoms with Gasteiger partial charge in [0.25, 0.3) is 0 Å². The molecule has 3 N–H and O–H groups in total. The fraction of sp³-hybridized carbons (Fsp3) is 0.476. The molecule has 1 aromatic rings. The molecule has 3 unspecified atom stereocenters. The van der Waals surface area contributed by atoms with Gasteiger partial charge in [-0.3, -0.25) is 5.43 Å². The van der Waals surface area contributed by atoms with Crippen molar-refractivity contribution >= 4 is 5.97 Å². The zero-order valence-electron chi connectivity index (χ0n) is 16.2. The molecule has 0 saturated carbocycles. The summed E-state index contributed by atoms with van der Waals surface area (Å²) in [6.45, 7) is 3.35. The minimum Gasteiger partial charge on any atom is -0.486 e. The number of fused-ring (bicyclic) bond motifs is 3. The van der Waals surface area contributed by atoms with Gasteiger partial charge in [-0.05, 0) is 31.5 Å². The van der Waals surface area contributed by atoms with Crippen LogP contribution in [0.5, 0.6) is 11.5 Å². The number of carbonyl (C=O) groups excluding carboxylic acids is 1. The molecule has 4 aliphatic rings. The molecule has 0 bridgehead atoms. The predicted octanol–water partition coefficient (Wildman–Crippen LogP) is 0.887. The average Bonchev–Trinajstić information content (AvgIpc) is 3.18. The normalized spacial score (nSPS) is 27.5. The molecule has 0 aliphatic carbocycles. The highest BCUT2D eigenvalue weighted by Gasteiger charge is 2.43. The number of hydrogen-bond donors (Lipinski definition) is 3. The summed E-state index contributed by atoms with van der Waals surface area (Å²) < 4.78 is 17.3. The largest absolute Gasteiger partial charge is 0.486 e. The van der Waals surface area contributed by atoms with E-state index < -0.39 is 0 Å². The van der Waals surface area contributed by atoms with E-state index >= 15 is 0 Å². The first kappa shape index (κ1) is 18.5. The first-order valence-electron chi connectivity index (χ1n) is 10.2. The van der Waals surface area contributed by atoms with Crippen LogP contribution in [0.1, 0.15) is 12.8 Å². The van der Waals surface area contributed by atoms with Gasteiger partial charge in [-0.1, -0.05) is 18.2 Å². The van der Waals surface area contributed by atoms with Crippen LogP contribution >= 0.6 is 0 Å². The molecular formula is C21H26N4O4. The number of hydrogen-bond acceptors (Lipinski definition) is 8. The van der Waals surface area contributed by atoms with E-state index in [4.69, 9.17) is 14.2 Å². The number of esters is 1. The number of rotatable bonds is 6. The first-order chi connectivity index (χ1) is 14.3. The predicted molar refractivity (Wildman–Crippen MR) is 106 cm³/mol. The lowest BCUT2D eigenvalue weighted by Crippen LogP contribution is -2.52. The molecule has 0 spiro atoms. The third-order valence-electron chi connectivity index (χ3n) is 5.76. The van der Waals surface area contributed by atoms with Gasteiger partial charge in [0.2, 0.25) is 0 Å². The molecule has 4 heterocycles. The third kappa shape index (κ3) is 3.71. The molecule has 29 heavy (non-hydrogen) atoms. The highest BCUT2D eigenvalue weighted by molar-refractivity contribution is 5.80. The molecule has 1 aromatic carbocycles. The van der Waals surface area contributed by atoms with E-state index in [1.807, 2.05) is 30.5 Å². The fourth-order valence-electron chi connectivity index (χ4n) is 4.30. The van der Waals surface area contributed by atoms with Gasteiger partial charge in [-0.15, -0.1) is 0 Å². The summed E-state index contributed by atoms with van der Waals surface area (Å²) in [6.07, 6.45) is 6.09. The lowest BCUT2D eigenvalue weighted by molar-refractivity contribution is -0.148. The topological polar surface area (TPSA) is 84.1 Å². The maximum Gasteiger partial charge on any atom is 0.334 e. The molecule has 0 amide bonds. The molecule has 154 valence electrons. The van der Waals surface area contributed by atoms with Crippen molar-refractivity contribution < 1.29 is 19.0 Å². The monoisotopic (exact) mass is 398 g/mol. The van der Waals surface area contributed by atoms with Crippen molar-refractivity contribution in [1.29, 1.82) is 0 Å². The Bertz CT molecular complexity index is 840. The number of benzene rings is 1. The molecule has 0 saturated heterocycles. The summed E-state index contributed by atoms with van der Waals surface area (Å²) in [5.74, 6) is 2.37. The molecule has 0 fully saturated rings. The number of carbonyl (C=O) groups is 1. The number of hydrazine groups is 1. The Hall–Kier alpha value is -2.55. The highest BCUT2D eigenvalue weighted by Crippen LogP contribution is 2.35. The molecule has 4 aliphatic heterocycles. The van der Waals surface area contributed by atoms with Crippen LogP contribution in [0, 0.1) is 5.92 Å². The fourth-order valence-corrected chi connectivity index (χ4v) is 4.30. The van der Waals surface area contributed by atoms with Crippen LogP contribution in [0.25, 0.3) is 0 Å². The van der Waals surface area contributed by atoms with E-state index in [2.05, 4.69) is 27.1 Å². The summed E-state index contributed by atoms with van der Waals surface area (Å²) in [5, 5.41) is 3.45. The first-order valence-corrected chi connectivity index (χ1v) is 10.2. The average molecular weight is 398 g/mol. The molecular weight excluding hydrogens is 372 g/mol. The summed E-state index contributed by atoms with van der Waals surface area (Å²) in [5.41, 5.74) is 7.19. The third-order valence-corrected chi connectivity index (χ3v) is 5.76. The van der Waals surface area contributed by atoms with Crippen LogP contribution in [0.15, 0.2) is 48.0 Å². The standard InChI is InChI=1S/C21H26N4O4/c26-21-20-14(7-9-25(20)16-11-23-24-12-19(16)29-21)4-3-8-22-10-15-13-27-17-5-1-2-6-18(17)28-15/h1-2,5-7,9,14-15,20,22-24H,3-4,8,10-13H2. The summed E-state index contributed by atoms with van der Waals surface area (Å²) in [6, 6.07) is 7.51. The van der Waals surface area contributed by atoms with E-state index in [0.29, 0.717) is 19.7 Å². The molecule has 8 heteroatoms. The second kappa shape index (κ2) is 8.06. The Morgan fingerprint density at radius 2 is 2.03 bits per heavy atom. The van der Waals surface area contributed by atoms with E-state index in [9.17, 15) is 4.79 Å². The minimum atomic E-state index is -0.236. The van der Waals surface area contributed by atoms with Crippen molar-refractivity contribution in [3.8, 4) is 11.5 Å². The van der Waals surface area contributed by atoms with Crippen LogP contribution in [0.2, 0.25) is 0 Å². The van der Waals surface area contributed by atoms with Gasteiger partial charge in [0.15, 0.2) is 11.5 Å². The van der Waals surface area contributed by atoms with Crippen LogP contribution in [-0.2, 0) is 9.53 Å². The van der Waals surface area contributed by atoms with Gasteiger partial charge in [-0.2, -0.15) is 0 Å². The van der Waals surface area contributed by atoms with Crippen molar-refractivity contribution in [2.45, 2.75) is 25.0 Å². The minimum absolute atomic E-state index is 0.0119. The highest BCUT2D eigenvalue weighted by atomic mass is 16.6. The van der Waals surface area contributed by atoms with Crippen molar-refractivity contribution in [3.05, 3.63) is 48.0 Å². The van der Waals surface area contributed by atoms with Crippen molar-refractivity contribution in [3.63, 3.8) is 0 Å². The van der Waals surface area contributed by atoms with Gasteiger partial charge in [0.1, 0.15) is 24.5 Å². The number of para-hydroxylation sites is 2. The quantitative estimate of drug-likeness (QED) is 0.481. The molecule has 0 radical (unpaired) electrons. The number of nitrogens with zero attached hydrogens (tertiary/aromatic N) is 1. The Labute approximate surface area is 169 Å². The van der Waals surface area contributed by atoms with Crippen LogP contribution in [0.4, 0.5) is 0 Å². The number of ether oxygens (including phenoxy) is 3. The van der Waals surface area contributed by atoms with Crippen LogP contribution in [-0.4, -0.2) is 55.8 Å². The Morgan fingerprint density at radius 3 is 2.97 bits per heavy atom. The van der Waals surface area contributed by atoms with Gasteiger partial charge in [-0.25, -0.2) is 10.2 Å². The zero-order chi connectivity index (χ0) is 19.6. The van der Waals surface area contributed by atoms with Gasteiger partial charge >= 0.3 is 5.97 Å². The second-order valence-electron chi connectivity index (χ2n) is 7.70.